The summed E-state index contributed by atoms with van der Waals surface area (Å²) in [7, 11) is 1.58. The molecule has 0 spiro atoms. The van der Waals surface area contributed by atoms with Crippen molar-refractivity contribution in [1.82, 2.24) is 14.9 Å². The van der Waals surface area contributed by atoms with Gasteiger partial charge in [0.15, 0.2) is 0 Å². The molecule has 2 aromatic carbocycles. The Morgan fingerprint density at radius 3 is 2.83 bits per heavy atom. The summed E-state index contributed by atoms with van der Waals surface area (Å²) in [6, 6.07) is 18.0. The molecule has 1 amide bonds. The minimum atomic E-state index is -0.271. The topological polar surface area (TPSA) is 56.1 Å². The van der Waals surface area contributed by atoms with E-state index in [2.05, 4.69) is 10.3 Å². The number of para-hydroxylation sites is 1. The van der Waals surface area contributed by atoms with Crippen molar-refractivity contribution in [3.05, 3.63) is 95.6 Å². The number of pyridine rings is 1. The number of nitrogens with zero attached hydrogens (tertiary/aromatic N) is 2. The molecule has 0 aliphatic rings. The Morgan fingerprint density at radius 2 is 2.00 bits per heavy atom. The van der Waals surface area contributed by atoms with Crippen molar-refractivity contribution < 1.29 is 13.9 Å². The second-order valence-corrected chi connectivity index (χ2v) is 7.00. The van der Waals surface area contributed by atoms with E-state index in [4.69, 9.17) is 4.74 Å². The zero-order valence-electron chi connectivity index (χ0n) is 16.6. The van der Waals surface area contributed by atoms with E-state index in [9.17, 15) is 9.18 Å². The first kappa shape index (κ1) is 19.6. The van der Waals surface area contributed by atoms with Crippen LogP contribution >= 0.6 is 0 Å². The average molecular weight is 403 g/mol. The molecule has 5 nitrogen and oxygen atoms in total. The fraction of sp³-hybridized carbons (Fsp3) is 0.167. The zero-order valence-corrected chi connectivity index (χ0v) is 16.6. The lowest BCUT2D eigenvalue weighted by molar-refractivity contribution is 0.0955. The van der Waals surface area contributed by atoms with Gasteiger partial charge in [0.05, 0.1) is 12.7 Å². The van der Waals surface area contributed by atoms with Gasteiger partial charge in [0.1, 0.15) is 5.82 Å². The van der Waals surface area contributed by atoms with Crippen molar-refractivity contribution in [2.75, 3.05) is 13.7 Å². The normalized spacial score (nSPS) is 10.9. The first-order valence-electron chi connectivity index (χ1n) is 9.74. The van der Waals surface area contributed by atoms with Gasteiger partial charge in [-0.1, -0.05) is 36.4 Å². The van der Waals surface area contributed by atoms with Gasteiger partial charge in [0.25, 0.3) is 5.91 Å². The molecule has 0 saturated carbocycles. The number of methoxy groups -OCH3 is 1. The van der Waals surface area contributed by atoms with Gasteiger partial charge in [-0.3, -0.25) is 4.79 Å². The molecular formula is C24H22FN3O2. The first-order valence-corrected chi connectivity index (χ1v) is 9.74. The van der Waals surface area contributed by atoms with E-state index in [0.717, 1.165) is 22.0 Å². The van der Waals surface area contributed by atoms with E-state index in [1.165, 1.54) is 12.1 Å². The number of hydrogen-bond acceptors (Lipinski definition) is 3. The van der Waals surface area contributed by atoms with Crippen LogP contribution in [-0.4, -0.2) is 29.1 Å². The molecule has 2 aromatic heterocycles. The summed E-state index contributed by atoms with van der Waals surface area (Å²) in [5, 5.41) is 3.85. The van der Waals surface area contributed by atoms with Crippen LogP contribution < -0.4 is 10.1 Å². The van der Waals surface area contributed by atoms with Crippen molar-refractivity contribution in [3.63, 3.8) is 0 Å². The van der Waals surface area contributed by atoms with Crippen LogP contribution in [-0.2, 0) is 13.0 Å². The smallest absolute Gasteiger partial charge is 0.253 e. The van der Waals surface area contributed by atoms with Gasteiger partial charge in [-0.25, -0.2) is 9.37 Å². The van der Waals surface area contributed by atoms with E-state index in [1.807, 2.05) is 53.2 Å². The lowest BCUT2D eigenvalue weighted by Crippen LogP contribution is -2.25. The highest BCUT2D eigenvalue weighted by atomic mass is 19.1. The molecule has 4 rings (SSSR count). The van der Waals surface area contributed by atoms with Gasteiger partial charge >= 0.3 is 0 Å². The Balaban J connectivity index is 1.52. The highest BCUT2D eigenvalue weighted by Gasteiger charge is 2.15. The predicted molar refractivity (Wildman–Crippen MR) is 114 cm³/mol. The largest absolute Gasteiger partial charge is 0.481 e. The van der Waals surface area contributed by atoms with Crippen molar-refractivity contribution in [1.29, 1.82) is 0 Å². The highest BCUT2D eigenvalue weighted by Crippen LogP contribution is 2.23. The predicted octanol–water partition coefficient (Wildman–Crippen LogP) is 4.20. The first-order chi connectivity index (χ1) is 14.7. The molecule has 0 aliphatic heterocycles. The second-order valence-electron chi connectivity index (χ2n) is 7.00. The van der Waals surface area contributed by atoms with Crippen LogP contribution in [0.25, 0.3) is 10.9 Å². The third kappa shape index (κ3) is 4.17. The number of aromatic nitrogens is 2. The molecule has 4 aromatic rings. The number of halogens is 1. The Hall–Kier alpha value is -3.67. The quantitative estimate of drug-likeness (QED) is 0.503. The van der Waals surface area contributed by atoms with Crippen LogP contribution in [0.4, 0.5) is 4.39 Å². The van der Waals surface area contributed by atoms with Crippen LogP contribution in [0.3, 0.4) is 0 Å². The van der Waals surface area contributed by atoms with Gasteiger partial charge in [-0.05, 0) is 36.2 Å². The molecule has 152 valence electrons. The summed E-state index contributed by atoms with van der Waals surface area (Å²) in [5.41, 5.74) is 3.31. The fourth-order valence-corrected chi connectivity index (χ4v) is 3.59. The van der Waals surface area contributed by atoms with Crippen LogP contribution in [0.15, 0.2) is 73.1 Å². The summed E-state index contributed by atoms with van der Waals surface area (Å²) >= 11 is 0. The maximum atomic E-state index is 13.6. The number of carbonyl (C=O) groups excluding carboxylic acids is 1. The van der Waals surface area contributed by atoms with Crippen LogP contribution in [0.2, 0.25) is 0 Å². The molecule has 0 aliphatic carbocycles. The maximum Gasteiger partial charge on any atom is 0.253 e. The van der Waals surface area contributed by atoms with Crippen molar-refractivity contribution >= 4 is 16.8 Å². The summed E-state index contributed by atoms with van der Waals surface area (Å²) in [6.45, 7) is 0.947. The molecular weight excluding hydrogens is 381 g/mol. The molecule has 0 atom stereocenters. The van der Waals surface area contributed by atoms with Gasteiger partial charge in [0.2, 0.25) is 5.88 Å². The number of fused-ring (bicyclic) bond motifs is 1. The van der Waals surface area contributed by atoms with Crippen LogP contribution in [0, 0.1) is 5.82 Å². The van der Waals surface area contributed by atoms with E-state index in [1.54, 1.807) is 19.4 Å². The lowest BCUT2D eigenvalue weighted by atomic mass is 10.1. The van der Waals surface area contributed by atoms with Crippen LogP contribution in [0.1, 0.15) is 21.5 Å². The number of nitrogens with one attached hydrogen (secondary N) is 1. The summed E-state index contributed by atoms with van der Waals surface area (Å²) in [5.74, 6) is 0.151. The molecule has 1 N–H and O–H groups in total. The highest BCUT2D eigenvalue weighted by molar-refractivity contribution is 6.07. The van der Waals surface area contributed by atoms with E-state index in [-0.39, 0.29) is 11.7 Å². The molecule has 0 saturated heterocycles. The van der Waals surface area contributed by atoms with E-state index < -0.39 is 0 Å². The van der Waals surface area contributed by atoms with E-state index >= 15 is 0 Å². The van der Waals surface area contributed by atoms with Gasteiger partial charge in [0, 0.05) is 41.9 Å². The third-order valence-corrected chi connectivity index (χ3v) is 5.00. The van der Waals surface area contributed by atoms with Crippen molar-refractivity contribution in [2.45, 2.75) is 13.0 Å². The SMILES string of the molecule is COc1ncccc1CCNC(=O)c1cn(Cc2cccc(F)c2)c2ccccc12. The Bertz CT molecular complexity index is 1190. The van der Waals surface area contributed by atoms with E-state index in [0.29, 0.717) is 31.0 Å². The Labute approximate surface area is 174 Å². The lowest BCUT2D eigenvalue weighted by Gasteiger charge is -2.08. The third-order valence-electron chi connectivity index (χ3n) is 5.00. The summed E-state index contributed by atoms with van der Waals surface area (Å²) in [6.07, 6.45) is 4.12. The molecule has 0 unspecified atom stereocenters. The Morgan fingerprint density at radius 1 is 1.13 bits per heavy atom. The minimum Gasteiger partial charge on any atom is -0.481 e. The van der Waals surface area contributed by atoms with Crippen molar-refractivity contribution in [2.24, 2.45) is 0 Å². The van der Waals surface area contributed by atoms with Gasteiger partial charge in [-0.2, -0.15) is 0 Å². The van der Waals surface area contributed by atoms with Gasteiger partial charge < -0.3 is 14.6 Å². The standard InChI is InChI=1S/C24H22FN3O2/c1-30-24-18(7-5-12-27-24)11-13-26-23(29)21-16-28(22-10-3-2-9-20(21)22)15-17-6-4-8-19(25)14-17/h2-10,12,14,16H,11,13,15H2,1H3,(H,26,29). The molecule has 2 heterocycles. The number of ether oxygens (including phenoxy) is 1. The maximum absolute atomic E-state index is 13.6. The average Bonchev–Trinajstić information content (AvgIpc) is 3.13. The molecule has 0 bridgehead atoms. The van der Waals surface area contributed by atoms with Gasteiger partial charge in [-0.15, -0.1) is 0 Å². The number of benzene rings is 2. The minimum absolute atomic E-state index is 0.146. The fourth-order valence-electron chi connectivity index (χ4n) is 3.59. The number of carbonyl (C=O) groups is 1. The number of hydrogen-bond donors (Lipinski definition) is 1. The Kier molecular flexibility index (Phi) is 5.75. The number of amides is 1. The zero-order chi connectivity index (χ0) is 20.9. The molecule has 0 fully saturated rings. The second kappa shape index (κ2) is 8.78. The van der Waals surface area contributed by atoms with Crippen molar-refractivity contribution in [3.8, 4) is 5.88 Å². The number of rotatable bonds is 7. The molecule has 6 heteroatoms. The monoisotopic (exact) mass is 403 g/mol. The summed E-state index contributed by atoms with van der Waals surface area (Å²) < 4.78 is 20.8. The summed E-state index contributed by atoms with van der Waals surface area (Å²) in [4.78, 5) is 17.1. The van der Waals surface area contributed by atoms with Crippen LogP contribution in [0.5, 0.6) is 5.88 Å². The molecule has 0 radical (unpaired) electrons. The molecule has 30 heavy (non-hydrogen) atoms.